The van der Waals surface area contributed by atoms with Crippen molar-refractivity contribution in [1.82, 2.24) is 0 Å². The minimum atomic E-state index is -0.805. The standard InChI is InChI=1S/C39H34OSi/c1-3-41(4-2)36-25-30-17-11-12-18-31(30)38(39(36)40)37-32-21-19-28(26-13-7-5-8-14-26)23-34(32)35-24-29(20-22-33(35)37)27-15-9-6-10-16-27/h5-24,37,40H,3-4,25H2,1-2H3. The molecule has 0 aromatic heterocycles. The molecular weight excluding hydrogens is 513 g/mol. The Morgan fingerprint density at radius 1 is 0.585 bits per heavy atom. The second-order valence-electron chi connectivity index (χ2n) is 11.2. The molecule has 5 aromatic rings. The van der Waals surface area contributed by atoms with E-state index in [1.807, 2.05) is 0 Å². The zero-order chi connectivity index (χ0) is 27.9. The highest BCUT2D eigenvalue weighted by Crippen LogP contribution is 2.54. The largest absolute Gasteiger partial charge is 0.508 e. The van der Waals surface area contributed by atoms with E-state index >= 15 is 0 Å². The van der Waals surface area contributed by atoms with Crippen molar-refractivity contribution in [2.45, 2.75) is 38.3 Å². The van der Waals surface area contributed by atoms with Gasteiger partial charge in [-0.2, -0.15) is 0 Å². The van der Waals surface area contributed by atoms with E-state index in [2.05, 4.69) is 135 Å². The first-order valence-electron chi connectivity index (χ1n) is 14.8. The molecule has 1 nitrogen and oxygen atoms in total. The van der Waals surface area contributed by atoms with Crippen molar-refractivity contribution in [2.24, 2.45) is 0 Å². The van der Waals surface area contributed by atoms with Crippen LogP contribution in [0.25, 0.3) is 39.0 Å². The summed E-state index contributed by atoms with van der Waals surface area (Å²) in [5.74, 6) is 0.549. The number of fused-ring (bicyclic) bond motifs is 4. The van der Waals surface area contributed by atoms with Gasteiger partial charge < -0.3 is 5.11 Å². The fourth-order valence-electron chi connectivity index (χ4n) is 6.94. The molecule has 200 valence electrons. The highest BCUT2D eigenvalue weighted by Gasteiger charge is 2.37. The van der Waals surface area contributed by atoms with Crippen molar-refractivity contribution in [3.05, 3.63) is 149 Å². The maximum atomic E-state index is 12.2. The van der Waals surface area contributed by atoms with Gasteiger partial charge in [-0.3, -0.25) is 0 Å². The molecule has 1 N–H and O–H groups in total. The highest BCUT2D eigenvalue weighted by molar-refractivity contribution is 6.74. The van der Waals surface area contributed by atoms with Crippen LogP contribution < -0.4 is 0 Å². The smallest absolute Gasteiger partial charge is 0.119 e. The van der Waals surface area contributed by atoms with E-state index in [1.54, 1.807) is 0 Å². The zero-order valence-electron chi connectivity index (χ0n) is 23.7. The first-order chi connectivity index (χ1) is 20.2. The van der Waals surface area contributed by atoms with E-state index in [1.165, 1.54) is 60.8 Å². The van der Waals surface area contributed by atoms with Crippen LogP contribution in [0.2, 0.25) is 12.1 Å². The van der Waals surface area contributed by atoms with Gasteiger partial charge in [0, 0.05) is 19.9 Å². The van der Waals surface area contributed by atoms with Gasteiger partial charge >= 0.3 is 0 Å². The molecule has 2 heteroatoms. The van der Waals surface area contributed by atoms with E-state index in [0.29, 0.717) is 5.76 Å². The second kappa shape index (κ2) is 10.6. The Balaban J connectivity index is 1.50. The van der Waals surface area contributed by atoms with Crippen LogP contribution in [0.15, 0.2) is 127 Å². The Bertz CT molecular complexity index is 1730. The van der Waals surface area contributed by atoms with E-state index in [9.17, 15) is 5.11 Å². The molecule has 0 heterocycles. The number of rotatable bonds is 5. The molecule has 0 atom stereocenters. The molecule has 0 amide bonds. The lowest BCUT2D eigenvalue weighted by molar-refractivity contribution is 0.442. The van der Waals surface area contributed by atoms with Crippen molar-refractivity contribution in [2.75, 3.05) is 0 Å². The van der Waals surface area contributed by atoms with Crippen LogP contribution in [0.5, 0.6) is 0 Å². The lowest BCUT2D eigenvalue weighted by atomic mass is 9.78. The van der Waals surface area contributed by atoms with Crippen molar-refractivity contribution in [1.29, 1.82) is 0 Å². The molecule has 7 rings (SSSR count). The summed E-state index contributed by atoms with van der Waals surface area (Å²) in [6, 6.07) is 46.2. The molecule has 0 bridgehead atoms. The van der Waals surface area contributed by atoms with E-state index in [0.717, 1.165) is 24.1 Å². The Labute approximate surface area is 244 Å². The summed E-state index contributed by atoms with van der Waals surface area (Å²) in [5, 5.41) is 13.4. The van der Waals surface area contributed by atoms with Gasteiger partial charge in [-0.1, -0.05) is 123 Å². The monoisotopic (exact) mass is 546 g/mol. The third-order valence-electron chi connectivity index (χ3n) is 9.02. The molecule has 0 aliphatic heterocycles. The van der Waals surface area contributed by atoms with Gasteiger partial charge in [-0.15, -0.1) is 0 Å². The summed E-state index contributed by atoms with van der Waals surface area (Å²) >= 11 is 0. The average molecular weight is 547 g/mol. The molecule has 0 radical (unpaired) electrons. The summed E-state index contributed by atoms with van der Waals surface area (Å²) in [4.78, 5) is 0. The van der Waals surface area contributed by atoms with Gasteiger partial charge in [0.15, 0.2) is 0 Å². The summed E-state index contributed by atoms with van der Waals surface area (Å²) in [6.45, 7) is 4.57. The molecule has 0 unspecified atom stereocenters. The maximum absolute atomic E-state index is 12.2. The number of benzene rings is 5. The first-order valence-corrected chi connectivity index (χ1v) is 16.7. The molecule has 0 saturated carbocycles. The van der Waals surface area contributed by atoms with Crippen LogP contribution in [0.1, 0.15) is 42.0 Å². The van der Waals surface area contributed by atoms with Crippen LogP contribution in [-0.2, 0) is 6.42 Å². The fraction of sp³-hybridized carbons (Fsp3) is 0.154. The number of hydrogen-bond donors (Lipinski definition) is 1. The number of aliphatic hydroxyl groups is 1. The Kier molecular flexibility index (Phi) is 6.64. The van der Waals surface area contributed by atoms with Gasteiger partial charge in [0.25, 0.3) is 0 Å². The first kappa shape index (κ1) is 25.7. The van der Waals surface area contributed by atoms with E-state index in [-0.39, 0.29) is 5.92 Å². The number of hydrogen-bond acceptors (Lipinski definition) is 1. The zero-order valence-corrected chi connectivity index (χ0v) is 24.7. The van der Waals surface area contributed by atoms with Crippen molar-refractivity contribution < 1.29 is 5.11 Å². The summed E-state index contributed by atoms with van der Waals surface area (Å²) in [5.41, 5.74) is 13.6. The summed E-state index contributed by atoms with van der Waals surface area (Å²) in [6.07, 6.45) is 0.869. The third kappa shape index (κ3) is 4.34. The Morgan fingerprint density at radius 3 is 1.63 bits per heavy atom. The Hall–Kier alpha value is -4.27. The van der Waals surface area contributed by atoms with Crippen LogP contribution in [0, 0.1) is 0 Å². The average Bonchev–Trinajstić information content (AvgIpc) is 3.35. The van der Waals surface area contributed by atoms with Crippen LogP contribution >= 0.6 is 0 Å². The van der Waals surface area contributed by atoms with Crippen molar-refractivity contribution >= 4 is 19.2 Å². The SMILES string of the molecule is CC[Si](CC)=C1Cc2ccccc2C(C2c3ccc(-c4ccccc4)cc3-c3cc(-c4ccccc4)ccc32)=C1O. The number of aliphatic hydroxyl groups excluding tert-OH is 1. The van der Waals surface area contributed by atoms with Gasteiger partial charge in [0.1, 0.15) is 5.76 Å². The topological polar surface area (TPSA) is 20.2 Å². The predicted molar refractivity (Wildman–Crippen MR) is 176 cm³/mol. The van der Waals surface area contributed by atoms with Crippen molar-refractivity contribution in [3.8, 4) is 33.4 Å². The molecule has 0 fully saturated rings. The molecular formula is C39H34OSi. The molecule has 41 heavy (non-hydrogen) atoms. The van der Waals surface area contributed by atoms with Gasteiger partial charge in [0.05, 0.1) is 0 Å². The van der Waals surface area contributed by atoms with E-state index in [4.69, 9.17) is 0 Å². The predicted octanol–water partition coefficient (Wildman–Crippen LogP) is 9.95. The lowest BCUT2D eigenvalue weighted by Crippen LogP contribution is -2.26. The van der Waals surface area contributed by atoms with Crippen molar-refractivity contribution in [3.63, 3.8) is 0 Å². The summed E-state index contributed by atoms with van der Waals surface area (Å²) in [7, 11) is -0.805. The normalized spacial score (nSPS) is 14.0. The fourth-order valence-corrected chi connectivity index (χ4v) is 9.21. The highest BCUT2D eigenvalue weighted by atomic mass is 28.2. The molecule has 2 aliphatic rings. The minimum Gasteiger partial charge on any atom is -0.508 e. The molecule has 2 aliphatic carbocycles. The molecule has 0 saturated heterocycles. The minimum absolute atomic E-state index is 0.0111. The van der Waals surface area contributed by atoms with Gasteiger partial charge in [-0.05, 0) is 91.4 Å². The van der Waals surface area contributed by atoms with E-state index < -0.39 is 8.41 Å². The number of allylic oxidation sites excluding steroid dienone is 2. The van der Waals surface area contributed by atoms with Crippen LogP contribution in [-0.4, -0.2) is 18.7 Å². The van der Waals surface area contributed by atoms with Gasteiger partial charge in [-0.25, -0.2) is 0 Å². The third-order valence-corrected chi connectivity index (χ3v) is 12.0. The molecule has 5 aromatic carbocycles. The van der Waals surface area contributed by atoms with Crippen LogP contribution in [0.3, 0.4) is 0 Å². The lowest BCUT2D eigenvalue weighted by Gasteiger charge is -2.29. The quantitative estimate of drug-likeness (QED) is 0.218. The summed E-state index contributed by atoms with van der Waals surface area (Å²) < 4.78 is 0. The van der Waals surface area contributed by atoms with Crippen LogP contribution in [0.4, 0.5) is 0 Å². The Morgan fingerprint density at radius 2 is 1.10 bits per heavy atom. The maximum Gasteiger partial charge on any atom is 0.119 e. The molecule has 0 spiro atoms. The second-order valence-corrected chi connectivity index (χ2v) is 14.4. The van der Waals surface area contributed by atoms with Gasteiger partial charge in [0.2, 0.25) is 0 Å².